The lowest BCUT2D eigenvalue weighted by Gasteiger charge is -2.41. The van der Waals surface area contributed by atoms with E-state index >= 15 is 0 Å². The van der Waals surface area contributed by atoms with E-state index in [9.17, 15) is 0 Å². The van der Waals surface area contributed by atoms with Crippen LogP contribution >= 0.6 is 0 Å². The molecule has 1 rings (SSSR count). The Morgan fingerprint density at radius 3 is 1.62 bits per heavy atom. The van der Waals surface area contributed by atoms with Gasteiger partial charge in [-0.15, -0.1) is 0 Å². The highest BCUT2D eigenvalue weighted by atomic mass is 28.4. The first-order valence-electron chi connectivity index (χ1n) is 16.0. The molecule has 232 valence electrons. The van der Waals surface area contributed by atoms with E-state index in [1.54, 1.807) is 0 Å². The van der Waals surface area contributed by atoms with Gasteiger partial charge in [-0.05, 0) is 106 Å². The average Bonchev–Trinajstić information content (AvgIpc) is 3.43. The monoisotopic (exact) mass is 646 g/mol. The van der Waals surface area contributed by atoms with Crippen LogP contribution in [0.1, 0.15) is 46.0 Å². The Kier molecular flexibility index (Phi) is 14.0. The molecule has 1 aliphatic rings. The molecular formula is C30H70O3Si6. The van der Waals surface area contributed by atoms with E-state index in [1.807, 2.05) is 0 Å². The lowest BCUT2D eigenvalue weighted by atomic mass is 9.99. The fraction of sp³-hybridized carbons (Fsp3) is 1.00. The van der Waals surface area contributed by atoms with Crippen LogP contribution in [-0.4, -0.2) is 64.1 Å². The smallest absolute Gasteiger partial charge is 0.211 e. The van der Waals surface area contributed by atoms with Crippen LogP contribution in [0.5, 0.6) is 0 Å². The van der Waals surface area contributed by atoms with Crippen molar-refractivity contribution in [2.45, 2.75) is 160 Å². The fourth-order valence-electron chi connectivity index (χ4n) is 7.65. The van der Waals surface area contributed by atoms with Crippen LogP contribution in [0, 0.1) is 17.8 Å². The van der Waals surface area contributed by atoms with Gasteiger partial charge in [-0.2, -0.15) is 0 Å². The average molecular weight is 647 g/mol. The second-order valence-electron chi connectivity index (χ2n) is 17.7. The topological polar surface area (TPSA) is 27.7 Å². The predicted molar refractivity (Wildman–Crippen MR) is 191 cm³/mol. The summed E-state index contributed by atoms with van der Waals surface area (Å²) in [4.78, 5) is 0. The van der Waals surface area contributed by atoms with E-state index in [1.165, 1.54) is 32.1 Å². The van der Waals surface area contributed by atoms with Crippen LogP contribution in [-0.2, 0) is 13.0 Å². The summed E-state index contributed by atoms with van der Waals surface area (Å²) >= 11 is 0. The normalized spacial score (nSPS) is 24.4. The summed E-state index contributed by atoms with van der Waals surface area (Å²) < 4.78 is 19.6. The minimum absolute atomic E-state index is 0.454. The third kappa shape index (κ3) is 12.0. The second kappa shape index (κ2) is 14.3. The highest BCUT2D eigenvalue weighted by molar-refractivity contribution is 6.80. The van der Waals surface area contributed by atoms with E-state index in [-0.39, 0.29) is 0 Å². The van der Waals surface area contributed by atoms with Gasteiger partial charge in [0.25, 0.3) is 0 Å². The largest absolute Gasteiger partial charge is 0.456 e. The first-order chi connectivity index (χ1) is 17.4. The number of hydrogen-bond donors (Lipinski definition) is 0. The minimum Gasteiger partial charge on any atom is -0.456 e. The second-order valence-corrected chi connectivity index (χ2v) is 42.8. The summed E-state index contributed by atoms with van der Waals surface area (Å²) in [6.07, 6.45) is 6.89. The van der Waals surface area contributed by atoms with Crippen molar-refractivity contribution < 1.29 is 13.0 Å². The number of rotatable bonds is 19. The molecule has 0 amide bonds. The maximum absolute atomic E-state index is 6.73. The zero-order valence-corrected chi connectivity index (χ0v) is 35.6. The van der Waals surface area contributed by atoms with Gasteiger partial charge in [0, 0.05) is 29.4 Å². The van der Waals surface area contributed by atoms with Gasteiger partial charge in [-0.25, -0.2) is 0 Å². The lowest BCUT2D eigenvalue weighted by molar-refractivity contribution is 0.235. The van der Waals surface area contributed by atoms with E-state index in [4.69, 9.17) is 13.0 Å². The molecule has 2 radical (unpaired) electrons. The van der Waals surface area contributed by atoms with Gasteiger partial charge in [0.1, 0.15) is 0 Å². The predicted octanol–water partition coefficient (Wildman–Crippen LogP) is 10.6. The lowest BCUT2D eigenvalue weighted by Crippen LogP contribution is -2.44. The third-order valence-corrected chi connectivity index (χ3v) is 23.7. The molecule has 0 aromatic rings. The zero-order valence-electron chi connectivity index (χ0n) is 29.6. The molecule has 0 aliphatic heterocycles. The minimum atomic E-state index is -1.80. The van der Waals surface area contributed by atoms with Crippen molar-refractivity contribution in [3.63, 3.8) is 0 Å². The Morgan fingerprint density at radius 1 is 0.718 bits per heavy atom. The van der Waals surface area contributed by atoms with Crippen molar-refractivity contribution in [3.8, 4) is 0 Å². The highest BCUT2D eigenvalue weighted by Crippen LogP contribution is 2.75. The van der Waals surface area contributed by atoms with Gasteiger partial charge in [-0.1, -0.05) is 72.4 Å². The fourth-order valence-corrected chi connectivity index (χ4v) is 21.1. The SMILES string of the molecule is C[Si]O[Si](C)(C)C1(CCCCC(C(C)CO[Si](C)(C)C)[Si](C)(C)C)CC1C(C(C)CO[Si](C)(C)C)[Si](C)(C)C. The molecule has 3 nitrogen and oxygen atoms in total. The van der Waals surface area contributed by atoms with Crippen molar-refractivity contribution in [1.82, 2.24) is 0 Å². The molecule has 0 aromatic heterocycles. The number of hydrogen-bond acceptors (Lipinski definition) is 3. The summed E-state index contributed by atoms with van der Waals surface area (Å²) in [5, 5.41) is 0.454. The molecule has 1 aliphatic carbocycles. The van der Waals surface area contributed by atoms with E-state index in [0.29, 0.717) is 26.6 Å². The molecule has 6 atom stereocenters. The van der Waals surface area contributed by atoms with Crippen LogP contribution in [0.4, 0.5) is 0 Å². The Morgan fingerprint density at radius 2 is 1.21 bits per heavy atom. The van der Waals surface area contributed by atoms with E-state index in [2.05, 4.69) is 112 Å². The molecule has 9 heteroatoms. The summed E-state index contributed by atoms with van der Waals surface area (Å²) in [7, 11) is -6.78. The van der Waals surface area contributed by atoms with Crippen LogP contribution in [0.3, 0.4) is 0 Å². The summed E-state index contributed by atoms with van der Waals surface area (Å²) in [6, 6.07) is 0. The zero-order chi connectivity index (χ0) is 30.7. The summed E-state index contributed by atoms with van der Waals surface area (Å²) in [5.41, 5.74) is 1.66. The number of unbranched alkanes of at least 4 members (excludes halogenated alkanes) is 1. The Hall–Kier alpha value is 1.18. The molecule has 1 saturated carbocycles. The molecule has 0 aromatic carbocycles. The van der Waals surface area contributed by atoms with Gasteiger partial charge in [-0.3, -0.25) is 0 Å². The van der Waals surface area contributed by atoms with Crippen LogP contribution in [0.25, 0.3) is 0 Å². The van der Waals surface area contributed by atoms with E-state index < -0.39 is 41.1 Å². The Labute approximate surface area is 254 Å². The molecule has 0 heterocycles. The quantitative estimate of drug-likeness (QED) is 0.103. The van der Waals surface area contributed by atoms with Crippen molar-refractivity contribution in [2.24, 2.45) is 17.8 Å². The highest BCUT2D eigenvalue weighted by Gasteiger charge is 2.67. The molecule has 6 unspecified atom stereocenters. The molecule has 1 fully saturated rings. The van der Waals surface area contributed by atoms with Gasteiger partial charge >= 0.3 is 0 Å². The maximum Gasteiger partial charge on any atom is 0.211 e. The van der Waals surface area contributed by atoms with Crippen molar-refractivity contribution in [2.75, 3.05) is 13.2 Å². The van der Waals surface area contributed by atoms with Crippen molar-refractivity contribution in [3.05, 3.63) is 0 Å². The molecule has 0 N–H and O–H groups in total. The van der Waals surface area contributed by atoms with Gasteiger partial charge < -0.3 is 13.0 Å². The third-order valence-electron chi connectivity index (χ3n) is 9.48. The first kappa shape index (κ1) is 38.2. The van der Waals surface area contributed by atoms with E-state index in [0.717, 1.165) is 30.2 Å². The molecule has 0 spiro atoms. The van der Waals surface area contributed by atoms with Crippen LogP contribution in [0.2, 0.25) is 114 Å². The van der Waals surface area contributed by atoms with Gasteiger partial charge in [0.05, 0.1) is 0 Å². The summed E-state index contributed by atoms with van der Waals surface area (Å²) in [6.45, 7) is 43.8. The standard InChI is InChI=1S/C30H70O3Si6/c1-25(23-31-37(10,11)12)28(35(4,5)6)20-18-19-21-30(39(16,17)33-34-3)22-27(30)29(36(7,8)9)26(2)24-32-38(13,14)15/h25-29H,18-24H2,1-17H3. The van der Waals surface area contributed by atoms with Crippen LogP contribution < -0.4 is 0 Å². The van der Waals surface area contributed by atoms with Crippen LogP contribution in [0.15, 0.2) is 0 Å². The van der Waals surface area contributed by atoms with Crippen molar-refractivity contribution >= 4 is 50.9 Å². The molecule has 0 bridgehead atoms. The van der Waals surface area contributed by atoms with Gasteiger partial charge in [0.2, 0.25) is 9.76 Å². The maximum atomic E-state index is 6.73. The molecule has 0 saturated heterocycles. The van der Waals surface area contributed by atoms with Crippen molar-refractivity contribution in [1.29, 1.82) is 0 Å². The van der Waals surface area contributed by atoms with Gasteiger partial charge in [0.15, 0.2) is 25.0 Å². The Bertz CT molecular complexity index is 735. The summed E-state index contributed by atoms with van der Waals surface area (Å²) in [5.74, 6) is 2.15. The molecule has 39 heavy (non-hydrogen) atoms. The first-order valence-corrected chi connectivity index (χ1v) is 34.3. The Balaban J connectivity index is 3.05. The molecular weight excluding hydrogens is 577 g/mol.